The zero-order valence-corrected chi connectivity index (χ0v) is 33.6. The van der Waals surface area contributed by atoms with Gasteiger partial charge in [-0.2, -0.15) is 0 Å². The SMILES string of the molecule is CCCCC/C=C/C/C=C/CCCCCCCCCCCC(=O)OC[C@H](COP(=O)(O)O)OC(=O)CCCCCCC/C=C/CCCCCCC. The van der Waals surface area contributed by atoms with Crippen LogP contribution in [0.1, 0.15) is 200 Å². The summed E-state index contributed by atoms with van der Waals surface area (Å²) in [6.07, 6.45) is 44.3. The minimum Gasteiger partial charge on any atom is -0.462 e. The number of rotatable bonds is 38. The molecule has 0 bridgehead atoms. The molecule has 0 aliphatic rings. The summed E-state index contributed by atoms with van der Waals surface area (Å²) < 4.78 is 26.4. The number of unbranched alkanes of at least 4 members (excludes halogenated alkanes) is 22. The molecule has 0 aromatic carbocycles. The van der Waals surface area contributed by atoms with E-state index in [2.05, 4.69) is 54.8 Å². The molecule has 1 atom stereocenters. The van der Waals surface area contributed by atoms with Crippen molar-refractivity contribution in [2.45, 2.75) is 206 Å². The third kappa shape index (κ3) is 40.9. The Hall–Kier alpha value is -1.73. The molecule has 0 aromatic heterocycles. The highest BCUT2D eigenvalue weighted by atomic mass is 31.2. The Morgan fingerprint density at radius 3 is 1.35 bits per heavy atom. The molecule has 0 saturated carbocycles. The monoisotopic (exact) mass is 741 g/mol. The van der Waals surface area contributed by atoms with Crippen molar-refractivity contribution in [2.24, 2.45) is 0 Å². The third-order valence-electron chi connectivity index (χ3n) is 8.88. The van der Waals surface area contributed by atoms with E-state index in [1.165, 1.54) is 96.3 Å². The van der Waals surface area contributed by atoms with Crippen LogP contribution in [0.25, 0.3) is 0 Å². The second-order valence-electron chi connectivity index (χ2n) is 14.0. The highest BCUT2D eigenvalue weighted by molar-refractivity contribution is 7.46. The molecule has 0 aromatic rings. The lowest BCUT2D eigenvalue weighted by molar-refractivity contribution is -0.161. The minimum atomic E-state index is -4.75. The summed E-state index contributed by atoms with van der Waals surface area (Å²) in [7, 11) is -4.75. The zero-order valence-electron chi connectivity index (χ0n) is 32.8. The van der Waals surface area contributed by atoms with E-state index in [9.17, 15) is 14.2 Å². The van der Waals surface area contributed by atoms with E-state index in [1.807, 2.05) is 0 Å². The number of ether oxygens (including phenoxy) is 2. The Bertz CT molecular complexity index is 926. The fourth-order valence-corrected chi connectivity index (χ4v) is 6.11. The fraction of sp³-hybridized carbons (Fsp3) is 0.810. The summed E-state index contributed by atoms with van der Waals surface area (Å²) in [4.78, 5) is 42.8. The number of phosphoric ester groups is 1. The Labute approximate surface area is 312 Å². The highest BCUT2D eigenvalue weighted by Gasteiger charge is 2.22. The lowest BCUT2D eigenvalue weighted by atomic mass is 10.1. The summed E-state index contributed by atoms with van der Waals surface area (Å²) in [5.41, 5.74) is 0. The van der Waals surface area contributed by atoms with Crippen LogP contribution in [-0.2, 0) is 28.2 Å². The molecule has 0 amide bonds. The number of hydrogen-bond donors (Lipinski definition) is 2. The molecule has 2 N–H and O–H groups in total. The van der Waals surface area contributed by atoms with Crippen LogP contribution in [0.2, 0.25) is 0 Å². The predicted octanol–water partition coefficient (Wildman–Crippen LogP) is 12.6. The van der Waals surface area contributed by atoms with Gasteiger partial charge in [0.2, 0.25) is 0 Å². The molecule has 0 saturated heterocycles. The van der Waals surface area contributed by atoms with Crippen LogP contribution in [0.15, 0.2) is 36.5 Å². The van der Waals surface area contributed by atoms with Crippen molar-refractivity contribution < 1.29 is 37.9 Å². The molecule has 0 aliphatic heterocycles. The summed E-state index contributed by atoms with van der Waals surface area (Å²) in [6.45, 7) is 3.64. The first-order valence-corrected chi connectivity index (χ1v) is 22.3. The average molecular weight is 741 g/mol. The lowest BCUT2D eigenvalue weighted by Crippen LogP contribution is -2.29. The van der Waals surface area contributed by atoms with Crippen molar-refractivity contribution in [1.82, 2.24) is 0 Å². The van der Waals surface area contributed by atoms with E-state index in [0.717, 1.165) is 70.6 Å². The van der Waals surface area contributed by atoms with Crippen LogP contribution in [0, 0.1) is 0 Å². The summed E-state index contributed by atoms with van der Waals surface area (Å²) >= 11 is 0. The second kappa shape index (κ2) is 38.0. The quantitative estimate of drug-likeness (QED) is 0.0278. The maximum Gasteiger partial charge on any atom is 0.469 e. The van der Waals surface area contributed by atoms with Crippen molar-refractivity contribution in [3.8, 4) is 0 Å². The molecule has 0 spiro atoms. The normalized spacial score (nSPS) is 12.8. The number of carbonyl (C=O) groups is 2. The molecule has 0 rings (SSSR count). The van der Waals surface area contributed by atoms with Crippen molar-refractivity contribution in [3.63, 3.8) is 0 Å². The lowest BCUT2D eigenvalue weighted by Gasteiger charge is -2.18. The maximum absolute atomic E-state index is 12.4. The van der Waals surface area contributed by atoms with Gasteiger partial charge in [-0.15, -0.1) is 0 Å². The first-order valence-electron chi connectivity index (χ1n) is 20.8. The summed E-state index contributed by atoms with van der Waals surface area (Å²) in [5, 5.41) is 0. The van der Waals surface area contributed by atoms with Gasteiger partial charge in [0.1, 0.15) is 6.61 Å². The number of allylic oxidation sites excluding steroid dienone is 6. The van der Waals surface area contributed by atoms with Gasteiger partial charge in [0, 0.05) is 12.8 Å². The number of hydrogen-bond acceptors (Lipinski definition) is 6. The Morgan fingerprint density at radius 2 is 0.882 bits per heavy atom. The van der Waals surface area contributed by atoms with Gasteiger partial charge in [-0.25, -0.2) is 4.57 Å². The van der Waals surface area contributed by atoms with Crippen molar-refractivity contribution >= 4 is 19.8 Å². The summed E-state index contributed by atoms with van der Waals surface area (Å²) in [5.74, 6) is -0.897. The first-order chi connectivity index (χ1) is 24.8. The topological polar surface area (TPSA) is 119 Å². The highest BCUT2D eigenvalue weighted by Crippen LogP contribution is 2.36. The van der Waals surface area contributed by atoms with Gasteiger partial charge in [0.05, 0.1) is 6.61 Å². The zero-order chi connectivity index (χ0) is 37.5. The molecule has 0 fully saturated rings. The van der Waals surface area contributed by atoms with Crippen molar-refractivity contribution in [2.75, 3.05) is 13.2 Å². The van der Waals surface area contributed by atoms with E-state index >= 15 is 0 Å². The molecular formula is C42H77O8P. The molecule has 0 radical (unpaired) electrons. The minimum absolute atomic E-state index is 0.201. The van der Waals surface area contributed by atoms with Gasteiger partial charge in [-0.1, -0.05) is 153 Å². The van der Waals surface area contributed by atoms with Crippen molar-refractivity contribution in [3.05, 3.63) is 36.5 Å². The standard InChI is InChI=1S/C42H77O8P/c1-3-5-7-9-11-13-15-17-19-20-21-22-23-25-26-28-30-32-34-36-41(43)48-38-40(39-49-51(45,46)47)50-42(44)37-35-33-31-29-27-24-18-16-14-12-10-8-6-4-2/h11,13,16-19,40H,3-10,12,14-15,20-39H2,1-2H3,(H2,45,46,47)/b13-11+,18-16+,19-17+/t40-/m1/s1. The number of carbonyl (C=O) groups excluding carboxylic acids is 2. The van der Waals surface area contributed by atoms with E-state index in [4.69, 9.17) is 19.3 Å². The molecule has 0 aliphatic carbocycles. The van der Waals surface area contributed by atoms with Crippen LogP contribution in [0.4, 0.5) is 0 Å². The first kappa shape index (κ1) is 49.3. The van der Waals surface area contributed by atoms with Gasteiger partial charge in [-0.3, -0.25) is 14.1 Å². The summed E-state index contributed by atoms with van der Waals surface area (Å²) in [6, 6.07) is 0. The van der Waals surface area contributed by atoms with Crippen LogP contribution in [0.5, 0.6) is 0 Å². The third-order valence-corrected chi connectivity index (χ3v) is 9.37. The van der Waals surface area contributed by atoms with Gasteiger partial charge in [-0.05, 0) is 70.6 Å². The van der Waals surface area contributed by atoms with Crippen LogP contribution < -0.4 is 0 Å². The van der Waals surface area contributed by atoms with Crippen LogP contribution in [-0.4, -0.2) is 41.0 Å². The Morgan fingerprint density at radius 1 is 0.510 bits per heavy atom. The molecule has 8 nitrogen and oxygen atoms in total. The number of esters is 2. The van der Waals surface area contributed by atoms with E-state index < -0.39 is 32.5 Å². The van der Waals surface area contributed by atoms with Crippen molar-refractivity contribution in [1.29, 1.82) is 0 Å². The number of phosphoric acid groups is 1. The van der Waals surface area contributed by atoms with Gasteiger partial charge >= 0.3 is 19.8 Å². The molecule has 9 heteroatoms. The van der Waals surface area contributed by atoms with Crippen LogP contribution in [0.3, 0.4) is 0 Å². The smallest absolute Gasteiger partial charge is 0.462 e. The molecular weight excluding hydrogens is 663 g/mol. The van der Waals surface area contributed by atoms with Gasteiger partial charge in [0.25, 0.3) is 0 Å². The molecule has 51 heavy (non-hydrogen) atoms. The Balaban J connectivity index is 3.92. The van der Waals surface area contributed by atoms with E-state index in [1.54, 1.807) is 0 Å². The maximum atomic E-state index is 12.4. The van der Waals surface area contributed by atoms with Gasteiger partial charge < -0.3 is 19.3 Å². The average Bonchev–Trinajstić information content (AvgIpc) is 3.10. The fourth-order valence-electron chi connectivity index (χ4n) is 5.75. The predicted molar refractivity (Wildman–Crippen MR) is 211 cm³/mol. The van der Waals surface area contributed by atoms with E-state index in [-0.39, 0.29) is 19.4 Å². The molecule has 0 heterocycles. The largest absolute Gasteiger partial charge is 0.469 e. The second-order valence-corrected chi connectivity index (χ2v) is 15.2. The molecule has 298 valence electrons. The molecule has 0 unspecified atom stereocenters. The van der Waals surface area contributed by atoms with Gasteiger partial charge in [0.15, 0.2) is 6.10 Å². The Kier molecular flexibility index (Phi) is 36.7. The van der Waals surface area contributed by atoms with E-state index in [0.29, 0.717) is 6.42 Å². The van der Waals surface area contributed by atoms with Crippen LogP contribution >= 0.6 is 7.82 Å².